The summed E-state index contributed by atoms with van der Waals surface area (Å²) in [5.74, 6) is -0.479. The van der Waals surface area contributed by atoms with Gasteiger partial charge in [-0.1, -0.05) is 28.9 Å². The first-order chi connectivity index (χ1) is 7.84. The van der Waals surface area contributed by atoms with Crippen LogP contribution >= 0.6 is 15.9 Å². The largest absolute Gasteiger partial charge is 0.404 e. The van der Waals surface area contributed by atoms with E-state index >= 15 is 0 Å². The minimum absolute atomic E-state index is 0.224. The van der Waals surface area contributed by atoms with Crippen molar-refractivity contribution in [2.45, 2.75) is 25.6 Å². The summed E-state index contributed by atoms with van der Waals surface area (Å²) in [6.07, 6.45) is -4.54. The summed E-state index contributed by atoms with van der Waals surface area (Å²) in [5, 5.41) is 2.37. The van der Waals surface area contributed by atoms with Crippen molar-refractivity contribution in [2.24, 2.45) is 0 Å². The van der Waals surface area contributed by atoms with Crippen molar-refractivity contribution in [3.05, 3.63) is 34.1 Å². The normalized spacial score (nSPS) is 13.8. The molecule has 1 aromatic rings. The van der Waals surface area contributed by atoms with E-state index in [1.807, 2.05) is 0 Å². The van der Waals surface area contributed by atoms with Crippen LogP contribution in [0.2, 0.25) is 0 Å². The maximum Gasteiger partial charge on any atom is 0.404 e. The van der Waals surface area contributed by atoms with Crippen LogP contribution in [0, 0.1) is 5.82 Å². The molecule has 0 spiro atoms. The summed E-state index contributed by atoms with van der Waals surface area (Å²) in [4.78, 5) is 0. The maximum absolute atomic E-state index is 12.8. The Labute approximate surface area is 105 Å². The first-order valence-corrected chi connectivity index (χ1v) is 5.88. The molecule has 0 aliphatic heterocycles. The van der Waals surface area contributed by atoms with E-state index < -0.39 is 18.0 Å². The third-order valence-corrected chi connectivity index (χ3v) is 3.02. The Bertz CT molecular complexity index is 378. The van der Waals surface area contributed by atoms with Crippen LogP contribution in [-0.2, 0) is 6.42 Å². The number of nitrogens with one attached hydrogen (secondary N) is 1. The first kappa shape index (κ1) is 14.4. The summed E-state index contributed by atoms with van der Waals surface area (Å²) >= 11 is 3.06. The van der Waals surface area contributed by atoms with Gasteiger partial charge in [0.2, 0.25) is 0 Å². The predicted octanol–water partition coefficient (Wildman–Crippen LogP) is 3.67. The Balaban J connectivity index is 2.86. The summed E-state index contributed by atoms with van der Waals surface area (Å²) in [6.45, 7) is 1.83. The van der Waals surface area contributed by atoms with Gasteiger partial charge in [0.25, 0.3) is 0 Å². The highest BCUT2D eigenvalue weighted by Crippen LogP contribution is 2.26. The van der Waals surface area contributed by atoms with Gasteiger partial charge in [-0.25, -0.2) is 4.39 Å². The quantitative estimate of drug-likeness (QED) is 0.836. The van der Waals surface area contributed by atoms with Gasteiger partial charge in [0.15, 0.2) is 0 Å². The molecule has 1 rings (SSSR count). The van der Waals surface area contributed by atoms with Gasteiger partial charge >= 0.3 is 6.18 Å². The minimum atomic E-state index is -4.32. The third kappa shape index (κ3) is 4.27. The predicted molar refractivity (Wildman–Crippen MR) is 61.3 cm³/mol. The van der Waals surface area contributed by atoms with Gasteiger partial charge in [0.05, 0.1) is 0 Å². The molecule has 0 heterocycles. The summed E-state index contributed by atoms with van der Waals surface area (Å²) in [5.41, 5.74) is 0.426. The van der Waals surface area contributed by atoms with Crippen LogP contribution in [0.5, 0.6) is 0 Å². The third-order valence-electron chi connectivity index (χ3n) is 2.28. The first-order valence-electron chi connectivity index (χ1n) is 5.08. The van der Waals surface area contributed by atoms with Crippen LogP contribution in [0.1, 0.15) is 12.5 Å². The molecule has 0 fully saturated rings. The van der Waals surface area contributed by atoms with Gasteiger partial charge in [-0.3, -0.25) is 0 Å². The van der Waals surface area contributed by atoms with Gasteiger partial charge in [-0.05, 0) is 30.7 Å². The Morgan fingerprint density at radius 1 is 1.35 bits per heavy atom. The van der Waals surface area contributed by atoms with Gasteiger partial charge < -0.3 is 5.32 Å². The van der Waals surface area contributed by atoms with Crippen LogP contribution in [-0.4, -0.2) is 18.8 Å². The molecule has 96 valence electrons. The lowest BCUT2D eigenvalue weighted by molar-refractivity contribution is -0.155. The molecule has 0 aliphatic carbocycles. The number of rotatable bonds is 4. The number of hydrogen-bond donors (Lipinski definition) is 1. The van der Waals surface area contributed by atoms with Gasteiger partial charge in [0, 0.05) is 4.47 Å². The SMILES string of the molecule is CCNC(Cc1ccc(F)cc1Br)C(F)(F)F. The van der Waals surface area contributed by atoms with Crippen LogP contribution in [0.25, 0.3) is 0 Å². The van der Waals surface area contributed by atoms with E-state index in [4.69, 9.17) is 0 Å². The number of likely N-dealkylation sites (N-methyl/N-ethyl adjacent to an activating group) is 1. The molecule has 0 bridgehead atoms. The summed E-state index contributed by atoms with van der Waals surface area (Å²) in [6, 6.07) is 2.05. The average molecular weight is 314 g/mol. The molecular formula is C11H12BrF4N. The van der Waals surface area contributed by atoms with Crippen molar-refractivity contribution >= 4 is 15.9 Å². The Morgan fingerprint density at radius 2 is 2.00 bits per heavy atom. The van der Waals surface area contributed by atoms with E-state index in [0.29, 0.717) is 10.0 Å². The standard InChI is InChI=1S/C11H12BrF4N/c1-2-17-10(11(14,15)16)5-7-3-4-8(13)6-9(7)12/h3-4,6,10,17H,2,5H2,1H3. The maximum atomic E-state index is 12.8. The number of benzene rings is 1. The van der Waals surface area contributed by atoms with E-state index in [1.165, 1.54) is 6.07 Å². The second-order valence-corrected chi connectivity index (χ2v) is 4.45. The molecule has 1 unspecified atom stereocenters. The van der Waals surface area contributed by atoms with Gasteiger partial charge in [-0.2, -0.15) is 13.2 Å². The second-order valence-electron chi connectivity index (χ2n) is 3.59. The van der Waals surface area contributed by atoms with Crippen molar-refractivity contribution in [1.82, 2.24) is 5.32 Å². The zero-order chi connectivity index (χ0) is 13.1. The van der Waals surface area contributed by atoms with Crippen molar-refractivity contribution in [2.75, 3.05) is 6.54 Å². The van der Waals surface area contributed by atoms with Gasteiger partial charge in [-0.15, -0.1) is 0 Å². The number of alkyl halides is 3. The van der Waals surface area contributed by atoms with Crippen LogP contribution in [0.4, 0.5) is 17.6 Å². The number of hydrogen-bond acceptors (Lipinski definition) is 1. The topological polar surface area (TPSA) is 12.0 Å². The molecule has 0 radical (unpaired) electrons. The molecule has 0 aliphatic rings. The fourth-order valence-electron chi connectivity index (χ4n) is 1.46. The average Bonchev–Trinajstić information content (AvgIpc) is 2.19. The zero-order valence-corrected chi connectivity index (χ0v) is 10.7. The monoisotopic (exact) mass is 313 g/mol. The zero-order valence-electron chi connectivity index (χ0n) is 9.11. The van der Waals surface area contributed by atoms with Gasteiger partial charge in [0.1, 0.15) is 11.9 Å². The lowest BCUT2D eigenvalue weighted by Crippen LogP contribution is -2.43. The highest BCUT2D eigenvalue weighted by molar-refractivity contribution is 9.10. The molecule has 1 nitrogen and oxygen atoms in total. The fraction of sp³-hybridized carbons (Fsp3) is 0.455. The molecule has 1 N–H and O–H groups in total. The molecule has 0 saturated carbocycles. The highest BCUT2D eigenvalue weighted by Gasteiger charge is 2.39. The van der Waals surface area contributed by atoms with Crippen molar-refractivity contribution in [3.63, 3.8) is 0 Å². The van der Waals surface area contributed by atoms with E-state index in [0.717, 1.165) is 12.1 Å². The summed E-state index contributed by atoms with van der Waals surface area (Å²) < 4.78 is 51.1. The van der Waals surface area contributed by atoms with Crippen LogP contribution in [0.15, 0.2) is 22.7 Å². The highest BCUT2D eigenvalue weighted by atomic mass is 79.9. The second kappa shape index (κ2) is 5.82. The summed E-state index contributed by atoms with van der Waals surface area (Å²) in [7, 11) is 0. The van der Waals surface area contributed by atoms with E-state index in [9.17, 15) is 17.6 Å². The van der Waals surface area contributed by atoms with E-state index in [-0.39, 0.29) is 13.0 Å². The molecule has 1 aromatic carbocycles. The van der Waals surface area contributed by atoms with E-state index in [2.05, 4.69) is 21.2 Å². The number of halogens is 5. The molecule has 6 heteroatoms. The molecule has 0 saturated heterocycles. The van der Waals surface area contributed by atoms with Crippen molar-refractivity contribution in [1.29, 1.82) is 0 Å². The lowest BCUT2D eigenvalue weighted by Gasteiger charge is -2.21. The Morgan fingerprint density at radius 3 is 2.47 bits per heavy atom. The minimum Gasteiger partial charge on any atom is -0.306 e. The van der Waals surface area contributed by atoms with Crippen LogP contribution in [0.3, 0.4) is 0 Å². The van der Waals surface area contributed by atoms with Crippen molar-refractivity contribution in [3.8, 4) is 0 Å². The Kier molecular flexibility index (Phi) is 4.94. The molecule has 0 aromatic heterocycles. The molecule has 1 atom stereocenters. The van der Waals surface area contributed by atoms with Crippen LogP contribution < -0.4 is 5.32 Å². The fourth-order valence-corrected chi connectivity index (χ4v) is 1.97. The Hall–Kier alpha value is -0.620. The molecule has 0 amide bonds. The smallest absolute Gasteiger partial charge is 0.306 e. The lowest BCUT2D eigenvalue weighted by atomic mass is 10.1. The molecular weight excluding hydrogens is 302 g/mol. The molecule has 17 heavy (non-hydrogen) atoms. The van der Waals surface area contributed by atoms with Crippen molar-refractivity contribution < 1.29 is 17.6 Å². The van der Waals surface area contributed by atoms with E-state index in [1.54, 1.807) is 6.92 Å².